The lowest BCUT2D eigenvalue weighted by Crippen LogP contribution is -2.28. The van der Waals surface area contributed by atoms with Crippen LogP contribution in [0.2, 0.25) is 0 Å². The fourth-order valence-electron chi connectivity index (χ4n) is 1.88. The van der Waals surface area contributed by atoms with Gasteiger partial charge in [-0.25, -0.2) is 9.18 Å². The van der Waals surface area contributed by atoms with E-state index in [0.717, 1.165) is 16.7 Å². The van der Waals surface area contributed by atoms with Gasteiger partial charge < -0.3 is 10.6 Å². The summed E-state index contributed by atoms with van der Waals surface area (Å²) in [5, 5.41) is 5.41. The number of aryl methyl sites for hydroxylation is 2. The van der Waals surface area contributed by atoms with Crippen LogP contribution in [-0.4, -0.2) is 6.03 Å². The Hall–Kier alpha value is -2.36. The van der Waals surface area contributed by atoms with Crippen molar-refractivity contribution < 1.29 is 9.18 Å². The number of carbonyl (C=O) groups is 1. The van der Waals surface area contributed by atoms with Crippen LogP contribution in [0.3, 0.4) is 0 Å². The number of nitrogens with one attached hydrogen (secondary N) is 2. The highest BCUT2D eigenvalue weighted by Gasteiger charge is 2.06. The lowest BCUT2D eigenvalue weighted by molar-refractivity contribution is 0.251. The molecule has 0 bridgehead atoms. The van der Waals surface area contributed by atoms with Gasteiger partial charge in [-0.2, -0.15) is 0 Å². The average Bonchev–Trinajstić information content (AvgIpc) is 2.42. The number of halogens is 1. The van der Waals surface area contributed by atoms with Crippen molar-refractivity contribution in [3.63, 3.8) is 0 Å². The SMILES string of the molecule is Cc1ccccc1CNC(=O)Nc1cc(F)ccc1C. The zero-order chi connectivity index (χ0) is 14.5. The molecule has 0 radical (unpaired) electrons. The first-order valence-corrected chi connectivity index (χ1v) is 6.42. The molecule has 0 atom stereocenters. The minimum atomic E-state index is -0.371. The predicted molar refractivity (Wildman–Crippen MR) is 78.2 cm³/mol. The van der Waals surface area contributed by atoms with E-state index in [9.17, 15) is 9.18 Å². The Morgan fingerprint density at radius 3 is 2.60 bits per heavy atom. The largest absolute Gasteiger partial charge is 0.334 e. The Labute approximate surface area is 117 Å². The fraction of sp³-hybridized carbons (Fsp3) is 0.188. The lowest BCUT2D eigenvalue weighted by Gasteiger charge is -2.11. The van der Waals surface area contributed by atoms with Gasteiger partial charge in [0, 0.05) is 12.2 Å². The molecule has 2 rings (SSSR count). The van der Waals surface area contributed by atoms with Crippen LogP contribution in [0.4, 0.5) is 14.9 Å². The molecule has 2 aromatic rings. The maximum Gasteiger partial charge on any atom is 0.319 e. The van der Waals surface area contributed by atoms with E-state index in [1.54, 1.807) is 6.07 Å². The molecule has 0 aliphatic rings. The second kappa shape index (κ2) is 6.19. The lowest BCUT2D eigenvalue weighted by atomic mass is 10.1. The summed E-state index contributed by atoms with van der Waals surface area (Å²) in [6, 6.07) is 11.8. The summed E-state index contributed by atoms with van der Waals surface area (Å²) < 4.78 is 13.1. The van der Waals surface area contributed by atoms with Gasteiger partial charge in [0.2, 0.25) is 0 Å². The third-order valence-corrected chi connectivity index (χ3v) is 3.15. The van der Waals surface area contributed by atoms with Gasteiger partial charge in [0.15, 0.2) is 0 Å². The molecule has 2 aromatic carbocycles. The van der Waals surface area contributed by atoms with Crippen molar-refractivity contribution in [3.8, 4) is 0 Å². The summed E-state index contributed by atoms with van der Waals surface area (Å²) in [7, 11) is 0. The first kappa shape index (κ1) is 14.1. The van der Waals surface area contributed by atoms with Crippen LogP contribution < -0.4 is 10.6 Å². The quantitative estimate of drug-likeness (QED) is 0.877. The van der Waals surface area contributed by atoms with Crippen LogP contribution in [0.25, 0.3) is 0 Å². The molecule has 0 saturated heterocycles. The molecule has 0 aliphatic carbocycles. The molecule has 0 spiro atoms. The van der Waals surface area contributed by atoms with Crippen LogP contribution in [0.5, 0.6) is 0 Å². The van der Waals surface area contributed by atoms with Crippen molar-refractivity contribution in [2.24, 2.45) is 0 Å². The molecule has 0 heterocycles. The topological polar surface area (TPSA) is 41.1 Å². The predicted octanol–water partition coefficient (Wildman–Crippen LogP) is 3.76. The first-order valence-electron chi connectivity index (χ1n) is 6.42. The second-order valence-corrected chi connectivity index (χ2v) is 4.69. The smallest absolute Gasteiger partial charge is 0.319 e. The maximum absolute atomic E-state index is 13.1. The van der Waals surface area contributed by atoms with Crippen LogP contribution >= 0.6 is 0 Å². The molecular formula is C16H17FN2O. The molecule has 0 fully saturated rings. The summed E-state index contributed by atoms with van der Waals surface area (Å²) in [5.74, 6) is -0.371. The molecule has 2 N–H and O–H groups in total. The van der Waals surface area contributed by atoms with Gasteiger partial charge in [-0.05, 0) is 42.7 Å². The standard InChI is InChI=1S/C16H17FN2O/c1-11-5-3-4-6-13(11)10-18-16(20)19-15-9-14(17)8-7-12(15)2/h3-9H,10H2,1-2H3,(H2,18,19,20). The zero-order valence-corrected chi connectivity index (χ0v) is 11.5. The van der Waals surface area contributed by atoms with Gasteiger partial charge in [0.05, 0.1) is 0 Å². The van der Waals surface area contributed by atoms with Gasteiger partial charge in [0.25, 0.3) is 0 Å². The summed E-state index contributed by atoms with van der Waals surface area (Å²) >= 11 is 0. The molecule has 0 aromatic heterocycles. The number of rotatable bonds is 3. The Morgan fingerprint density at radius 2 is 1.85 bits per heavy atom. The highest BCUT2D eigenvalue weighted by atomic mass is 19.1. The maximum atomic E-state index is 13.1. The van der Waals surface area contributed by atoms with Gasteiger partial charge in [0.1, 0.15) is 5.82 Å². The summed E-state index contributed by atoms with van der Waals surface area (Å²) in [5.41, 5.74) is 3.47. The molecule has 0 unspecified atom stereocenters. The van der Waals surface area contributed by atoms with E-state index < -0.39 is 0 Å². The second-order valence-electron chi connectivity index (χ2n) is 4.69. The minimum Gasteiger partial charge on any atom is -0.334 e. The number of benzene rings is 2. The van der Waals surface area contributed by atoms with E-state index in [1.165, 1.54) is 12.1 Å². The number of amides is 2. The molecule has 0 aliphatic heterocycles. The van der Waals surface area contributed by atoms with E-state index in [4.69, 9.17) is 0 Å². The van der Waals surface area contributed by atoms with Crippen LogP contribution in [0.1, 0.15) is 16.7 Å². The number of urea groups is 1. The van der Waals surface area contributed by atoms with Crippen molar-refractivity contribution in [3.05, 3.63) is 65.0 Å². The normalized spacial score (nSPS) is 10.2. The van der Waals surface area contributed by atoms with E-state index in [2.05, 4.69) is 10.6 Å². The molecule has 20 heavy (non-hydrogen) atoms. The number of anilines is 1. The zero-order valence-electron chi connectivity index (χ0n) is 11.5. The third-order valence-electron chi connectivity index (χ3n) is 3.15. The van der Waals surface area contributed by atoms with Crippen LogP contribution in [-0.2, 0) is 6.54 Å². The number of hydrogen-bond acceptors (Lipinski definition) is 1. The van der Waals surface area contributed by atoms with Crippen molar-refractivity contribution in [2.75, 3.05) is 5.32 Å². The fourth-order valence-corrected chi connectivity index (χ4v) is 1.88. The summed E-state index contributed by atoms with van der Waals surface area (Å²) in [6.45, 7) is 4.24. The number of hydrogen-bond donors (Lipinski definition) is 2. The Bertz CT molecular complexity index is 626. The van der Waals surface area contributed by atoms with Crippen molar-refractivity contribution in [1.82, 2.24) is 5.32 Å². The molecule has 0 saturated carbocycles. The summed E-state index contributed by atoms with van der Waals surface area (Å²) in [6.07, 6.45) is 0. The first-order chi connectivity index (χ1) is 9.56. The molecule has 4 heteroatoms. The highest BCUT2D eigenvalue weighted by molar-refractivity contribution is 5.90. The van der Waals surface area contributed by atoms with Gasteiger partial charge in [-0.3, -0.25) is 0 Å². The van der Waals surface area contributed by atoms with E-state index in [0.29, 0.717) is 12.2 Å². The average molecular weight is 272 g/mol. The van der Waals surface area contributed by atoms with Gasteiger partial charge in [-0.1, -0.05) is 30.3 Å². The monoisotopic (exact) mass is 272 g/mol. The van der Waals surface area contributed by atoms with Crippen molar-refractivity contribution in [1.29, 1.82) is 0 Å². The van der Waals surface area contributed by atoms with Gasteiger partial charge >= 0.3 is 6.03 Å². The molecule has 2 amide bonds. The van der Waals surface area contributed by atoms with Crippen molar-refractivity contribution in [2.45, 2.75) is 20.4 Å². The Morgan fingerprint density at radius 1 is 1.10 bits per heavy atom. The highest BCUT2D eigenvalue weighted by Crippen LogP contribution is 2.15. The molecule has 104 valence electrons. The van der Waals surface area contributed by atoms with Crippen LogP contribution in [0, 0.1) is 19.7 Å². The summed E-state index contributed by atoms with van der Waals surface area (Å²) in [4.78, 5) is 11.8. The van der Waals surface area contributed by atoms with Crippen molar-refractivity contribution >= 4 is 11.7 Å². The van der Waals surface area contributed by atoms with Gasteiger partial charge in [-0.15, -0.1) is 0 Å². The van der Waals surface area contributed by atoms with E-state index in [-0.39, 0.29) is 11.8 Å². The third kappa shape index (κ3) is 3.57. The molecule has 3 nitrogen and oxygen atoms in total. The minimum absolute atomic E-state index is 0.345. The Balaban J connectivity index is 1.96. The van der Waals surface area contributed by atoms with E-state index in [1.807, 2.05) is 38.1 Å². The van der Waals surface area contributed by atoms with E-state index >= 15 is 0 Å². The number of carbonyl (C=O) groups excluding carboxylic acids is 1. The van der Waals surface area contributed by atoms with Crippen LogP contribution in [0.15, 0.2) is 42.5 Å². The Kier molecular flexibility index (Phi) is 4.35. The molecular weight excluding hydrogens is 255 g/mol.